The smallest absolute Gasteiger partial charge is 0.309 e. The fourth-order valence-electron chi connectivity index (χ4n) is 2.18. The average Bonchev–Trinajstić information content (AvgIpc) is 2.75. The van der Waals surface area contributed by atoms with Crippen LogP contribution in [-0.4, -0.2) is 23.8 Å². The van der Waals surface area contributed by atoms with E-state index in [9.17, 15) is 4.79 Å². The topological polar surface area (TPSA) is 38.8 Å². The van der Waals surface area contributed by atoms with Crippen molar-refractivity contribution in [2.24, 2.45) is 5.92 Å². The minimum atomic E-state index is -0.358. The molecule has 86 valence electrons. The van der Waals surface area contributed by atoms with E-state index in [0.29, 0.717) is 12.2 Å². The first kappa shape index (κ1) is 10.9. The lowest BCUT2D eigenvalue weighted by molar-refractivity contribution is -0.160. The number of ether oxygens (including phenoxy) is 2. The molecule has 2 atom stereocenters. The number of rotatable bonds is 1. The Morgan fingerprint density at radius 1 is 1.13 bits per heavy atom. The van der Waals surface area contributed by atoms with E-state index in [1.54, 1.807) is 0 Å². The number of epoxide rings is 1. The number of carbonyl (C=O) groups is 1. The number of esters is 1. The third-order valence-corrected chi connectivity index (χ3v) is 3.03. The summed E-state index contributed by atoms with van der Waals surface area (Å²) in [6.07, 6.45) is 4.78. The molecule has 0 amide bonds. The summed E-state index contributed by atoms with van der Waals surface area (Å²) in [5.74, 6) is 0.0735. The second-order valence-corrected chi connectivity index (χ2v) is 5.60. The van der Waals surface area contributed by atoms with Crippen LogP contribution in [0.2, 0.25) is 0 Å². The highest BCUT2D eigenvalue weighted by molar-refractivity contribution is 5.72. The predicted molar refractivity (Wildman–Crippen MR) is 56.5 cm³/mol. The number of hydrogen-bond donors (Lipinski definition) is 0. The molecule has 0 radical (unpaired) electrons. The molecule has 2 fully saturated rings. The summed E-state index contributed by atoms with van der Waals surface area (Å²) in [5, 5.41) is 0. The van der Waals surface area contributed by atoms with Gasteiger partial charge in [0.1, 0.15) is 5.60 Å². The average molecular weight is 212 g/mol. The summed E-state index contributed by atoms with van der Waals surface area (Å²) in [5.41, 5.74) is -0.358. The Hall–Kier alpha value is -0.570. The van der Waals surface area contributed by atoms with Gasteiger partial charge >= 0.3 is 5.97 Å². The fraction of sp³-hybridized carbons (Fsp3) is 0.917. The number of carbonyl (C=O) groups excluding carboxylic acids is 1. The fourth-order valence-corrected chi connectivity index (χ4v) is 2.18. The van der Waals surface area contributed by atoms with Crippen molar-refractivity contribution in [1.82, 2.24) is 0 Å². The molecule has 1 saturated heterocycles. The van der Waals surface area contributed by atoms with Gasteiger partial charge in [-0.05, 0) is 46.5 Å². The highest BCUT2D eigenvalue weighted by Gasteiger charge is 2.42. The van der Waals surface area contributed by atoms with Gasteiger partial charge in [-0.3, -0.25) is 4.79 Å². The Balaban J connectivity index is 1.84. The van der Waals surface area contributed by atoms with E-state index in [1.165, 1.54) is 0 Å². The van der Waals surface area contributed by atoms with E-state index in [-0.39, 0.29) is 17.5 Å². The van der Waals surface area contributed by atoms with Crippen LogP contribution < -0.4 is 0 Å². The van der Waals surface area contributed by atoms with Crippen molar-refractivity contribution in [3.05, 3.63) is 0 Å². The van der Waals surface area contributed by atoms with Crippen LogP contribution in [0.25, 0.3) is 0 Å². The van der Waals surface area contributed by atoms with Crippen molar-refractivity contribution < 1.29 is 14.3 Å². The Kier molecular flexibility index (Phi) is 2.75. The summed E-state index contributed by atoms with van der Waals surface area (Å²) in [4.78, 5) is 11.8. The lowest BCUT2D eigenvalue weighted by Gasteiger charge is -2.23. The summed E-state index contributed by atoms with van der Waals surface area (Å²) in [6.45, 7) is 5.76. The van der Waals surface area contributed by atoms with Gasteiger partial charge in [-0.25, -0.2) is 0 Å². The van der Waals surface area contributed by atoms with Crippen LogP contribution in [-0.2, 0) is 14.3 Å². The minimum Gasteiger partial charge on any atom is -0.460 e. The van der Waals surface area contributed by atoms with Gasteiger partial charge in [-0.2, -0.15) is 0 Å². The SMILES string of the molecule is CC(C)(C)OC(=O)C1CCC2OC2CC1. The zero-order valence-electron chi connectivity index (χ0n) is 9.79. The zero-order chi connectivity index (χ0) is 11.1. The van der Waals surface area contributed by atoms with Gasteiger partial charge in [0.25, 0.3) is 0 Å². The minimum absolute atomic E-state index is 0.0243. The molecular formula is C12H20O3. The largest absolute Gasteiger partial charge is 0.460 e. The highest BCUT2D eigenvalue weighted by atomic mass is 16.6. The monoisotopic (exact) mass is 212 g/mol. The Labute approximate surface area is 91.1 Å². The van der Waals surface area contributed by atoms with Gasteiger partial charge in [0, 0.05) is 0 Å². The molecule has 1 aliphatic heterocycles. The van der Waals surface area contributed by atoms with Crippen molar-refractivity contribution in [3.8, 4) is 0 Å². The molecule has 1 saturated carbocycles. The highest BCUT2D eigenvalue weighted by Crippen LogP contribution is 2.37. The lowest BCUT2D eigenvalue weighted by atomic mass is 10.00. The van der Waals surface area contributed by atoms with Crippen LogP contribution in [0.4, 0.5) is 0 Å². The van der Waals surface area contributed by atoms with Crippen LogP contribution in [0.5, 0.6) is 0 Å². The quantitative estimate of drug-likeness (QED) is 0.494. The first-order valence-electron chi connectivity index (χ1n) is 5.84. The third-order valence-electron chi connectivity index (χ3n) is 3.03. The first-order chi connectivity index (χ1) is 6.96. The molecule has 2 aliphatic rings. The van der Waals surface area contributed by atoms with Crippen molar-refractivity contribution in [2.75, 3.05) is 0 Å². The lowest BCUT2D eigenvalue weighted by Crippen LogP contribution is -2.28. The van der Waals surface area contributed by atoms with E-state index in [0.717, 1.165) is 25.7 Å². The standard InChI is InChI=1S/C12H20O3/c1-12(2,3)15-11(13)8-4-6-9-10(14-9)7-5-8/h8-10H,4-7H2,1-3H3. The van der Waals surface area contributed by atoms with E-state index >= 15 is 0 Å². The molecule has 3 nitrogen and oxygen atoms in total. The van der Waals surface area contributed by atoms with Crippen molar-refractivity contribution in [2.45, 2.75) is 64.3 Å². The van der Waals surface area contributed by atoms with Gasteiger partial charge in [0.2, 0.25) is 0 Å². The number of fused-ring (bicyclic) bond motifs is 1. The van der Waals surface area contributed by atoms with Gasteiger partial charge in [-0.15, -0.1) is 0 Å². The molecule has 0 spiro atoms. The molecule has 1 heterocycles. The maximum absolute atomic E-state index is 11.8. The predicted octanol–water partition coefficient (Wildman–Crippen LogP) is 2.29. The van der Waals surface area contributed by atoms with Crippen LogP contribution in [0.15, 0.2) is 0 Å². The molecule has 1 aliphatic carbocycles. The second-order valence-electron chi connectivity index (χ2n) is 5.60. The Morgan fingerprint density at radius 3 is 2.13 bits per heavy atom. The van der Waals surface area contributed by atoms with Gasteiger partial charge in [0.15, 0.2) is 0 Å². The molecule has 3 heteroatoms. The van der Waals surface area contributed by atoms with Crippen LogP contribution in [0.1, 0.15) is 46.5 Å². The van der Waals surface area contributed by atoms with Crippen molar-refractivity contribution >= 4 is 5.97 Å². The number of hydrogen-bond acceptors (Lipinski definition) is 3. The van der Waals surface area contributed by atoms with Gasteiger partial charge in [0.05, 0.1) is 18.1 Å². The van der Waals surface area contributed by atoms with Crippen molar-refractivity contribution in [1.29, 1.82) is 0 Å². The molecular weight excluding hydrogens is 192 g/mol. The zero-order valence-corrected chi connectivity index (χ0v) is 9.79. The molecule has 0 bridgehead atoms. The summed E-state index contributed by atoms with van der Waals surface area (Å²) >= 11 is 0. The van der Waals surface area contributed by atoms with Crippen LogP contribution in [0, 0.1) is 5.92 Å². The summed E-state index contributed by atoms with van der Waals surface area (Å²) in [7, 11) is 0. The van der Waals surface area contributed by atoms with Gasteiger partial charge < -0.3 is 9.47 Å². The maximum atomic E-state index is 11.8. The van der Waals surface area contributed by atoms with E-state index in [2.05, 4.69) is 0 Å². The van der Waals surface area contributed by atoms with Crippen LogP contribution >= 0.6 is 0 Å². The molecule has 15 heavy (non-hydrogen) atoms. The second kappa shape index (κ2) is 3.78. The third kappa shape index (κ3) is 2.94. The molecule has 2 unspecified atom stereocenters. The van der Waals surface area contributed by atoms with Gasteiger partial charge in [-0.1, -0.05) is 0 Å². The van der Waals surface area contributed by atoms with E-state index in [4.69, 9.17) is 9.47 Å². The summed E-state index contributed by atoms with van der Waals surface area (Å²) in [6, 6.07) is 0. The van der Waals surface area contributed by atoms with E-state index in [1.807, 2.05) is 20.8 Å². The van der Waals surface area contributed by atoms with Crippen molar-refractivity contribution in [3.63, 3.8) is 0 Å². The molecule has 0 aromatic rings. The summed E-state index contributed by atoms with van der Waals surface area (Å²) < 4.78 is 10.8. The Morgan fingerprint density at radius 2 is 1.67 bits per heavy atom. The molecule has 0 aromatic carbocycles. The van der Waals surface area contributed by atoms with E-state index < -0.39 is 0 Å². The molecule has 0 aromatic heterocycles. The molecule has 2 rings (SSSR count). The van der Waals surface area contributed by atoms with Crippen LogP contribution in [0.3, 0.4) is 0 Å². The normalized spacial score (nSPS) is 35.3. The maximum Gasteiger partial charge on any atom is 0.309 e. The Bertz CT molecular complexity index is 242. The first-order valence-corrected chi connectivity index (χ1v) is 5.84. The molecule has 0 N–H and O–H groups in total.